The molecule has 8 nitrogen and oxygen atoms in total. The Bertz CT molecular complexity index is 1660. The highest BCUT2D eigenvalue weighted by molar-refractivity contribution is 9.10. The lowest BCUT2D eigenvalue weighted by molar-refractivity contribution is -0.132. The molecule has 2 aliphatic rings. The van der Waals surface area contributed by atoms with Crippen molar-refractivity contribution in [2.45, 2.75) is 16.1 Å². The monoisotopic (exact) mass is 639 g/mol. The van der Waals surface area contributed by atoms with E-state index < -0.39 is 17.7 Å². The number of Topliss-reactive ketones (excluding diaryl/α,β-unsaturated/α-hetero) is 1. The van der Waals surface area contributed by atoms with Gasteiger partial charge in [-0.15, -0.1) is 10.2 Å². The highest BCUT2D eigenvalue weighted by atomic mass is 79.9. The van der Waals surface area contributed by atoms with Gasteiger partial charge in [0.1, 0.15) is 24.8 Å². The molecule has 1 N–H and O–H groups in total. The number of halogens is 2. The van der Waals surface area contributed by atoms with Gasteiger partial charge in [0.25, 0.3) is 5.78 Å². The number of carbonyl (C=O) groups is 2. The molecule has 3 heterocycles. The molecule has 40 heavy (non-hydrogen) atoms. The number of ketones is 1. The third-order valence-electron chi connectivity index (χ3n) is 6.36. The molecule has 202 valence electrons. The predicted molar refractivity (Wildman–Crippen MR) is 152 cm³/mol. The van der Waals surface area contributed by atoms with Gasteiger partial charge in [-0.3, -0.25) is 14.5 Å². The van der Waals surface area contributed by atoms with Crippen LogP contribution in [0.1, 0.15) is 22.7 Å². The molecule has 1 saturated heterocycles. The lowest BCUT2D eigenvalue weighted by atomic mass is 9.95. The zero-order valence-electron chi connectivity index (χ0n) is 20.5. The number of thioether (sulfide) groups is 1. The van der Waals surface area contributed by atoms with Crippen molar-refractivity contribution < 1.29 is 28.6 Å². The molecule has 0 spiro atoms. The van der Waals surface area contributed by atoms with Gasteiger partial charge in [0, 0.05) is 15.8 Å². The fraction of sp³-hybridized carbons (Fsp3) is 0.143. The fourth-order valence-corrected chi connectivity index (χ4v) is 6.57. The summed E-state index contributed by atoms with van der Waals surface area (Å²) in [4.78, 5) is 28.1. The number of aliphatic hydroxyl groups excluding tert-OH is 1. The second-order valence-corrected chi connectivity index (χ2v) is 11.9. The first-order valence-electron chi connectivity index (χ1n) is 12.1. The number of aliphatic hydroxyl groups is 1. The molecule has 1 fully saturated rings. The van der Waals surface area contributed by atoms with Crippen LogP contribution in [-0.4, -0.2) is 40.2 Å². The second-order valence-electron chi connectivity index (χ2n) is 8.81. The van der Waals surface area contributed by atoms with Gasteiger partial charge >= 0.3 is 5.91 Å². The van der Waals surface area contributed by atoms with Crippen molar-refractivity contribution in [1.29, 1.82) is 0 Å². The Morgan fingerprint density at radius 3 is 2.58 bits per heavy atom. The van der Waals surface area contributed by atoms with Crippen LogP contribution in [0.3, 0.4) is 0 Å². The maximum absolute atomic E-state index is 14.1. The summed E-state index contributed by atoms with van der Waals surface area (Å²) in [5.74, 6) is -1.07. The molecule has 12 heteroatoms. The number of nitrogens with zero attached hydrogens (tertiary/aromatic N) is 3. The van der Waals surface area contributed by atoms with Crippen molar-refractivity contribution in [3.8, 4) is 11.5 Å². The molecule has 0 bridgehead atoms. The molecule has 0 radical (unpaired) electrons. The Labute approximate surface area is 244 Å². The number of hydrogen-bond donors (Lipinski definition) is 1. The molecule has 6 rings (SSSR count). The van der Waals surface area contributed by atoms with Crippen molar-refractivity contribution in [2.75, 3.05) is 18.1 Å². The number of benzene rings is 3. The van der Waals surface area contributed by atoms with Crippen LogP contribution in [0, 0.1) is 5.82 Å². The summed E-state index contributed by atoms with van der Waals surface area (Å²) in [6.07, 6.45) is 0. The van der Waals surface area contributed by atoms with Crippen LogP contribution in [0.2, 0.25) is 0 Å². The van der Waals surface area contributed by atoms with Gasteiger partial charge in [-0.25, -0.2) is 4.39 Å². The molecule has 1 amide bonds. The van der Waals surface area contributed by atoms with Crippen LogP contribution in [0.15, 0.2) is 81.1 Å². The van der Waals surface area contributed by atoms with Crippen LogP contribution >= 0.6 is 39.0 Å². The topological polar surface area (TPSA) is 102 Å². The molecule has 3 aromatic carbocycles. The average Bonchev–Trinajstić information content (AvgIpc) is 3.54. The van der Waals surface area contributed by atoms with Gasteiger partial charge in [0.2, 0.25) is 5.13 Å². The summed E-state index contributed by atoms with van der Waals surface area (Å²) in [7, 11) is 0. The molecule has 1 atom stereocenters. The second kappa shape index (κ2) is 11.0. The molecule has 0 saturated carbocycles. The van der Waals surface area contributed by atoms with Gasteiger partial charge < -0.3 is 14.6 Å². The van der Waals surface area contributed by atoms with Crippen molar-refractivity contribution >= 4 is 61.6 Å². The van der Waals surface area contributed by atoms with Crippen LogP contribution in [0.4, 0.5) is 9.52 Å². The summed E-state index contributed by atoms with van der Waals surface area (Å²) in [5.41, 5.74) is 1.33. The minimum Gasteiger partial charge on any atom is -0.507 e. The highest BCUT2D eigenvalue weighted by Gasteiger charge is 2.48. The summed E-state index contributed by atoms with van der Waals surface area (Å²) in [5, 5.41) is 20.0. The van der Waals surface area contributed by atoms with Crippen LogP contribution in [0.25, 0.3) is 5.76 Å². The molecule has 0 aliphatic carbocycles. The number of anilines is 1. The Balaban J connectivity index is 1.39. The van der Waals surface area contributed by atoms with E-state index in [4.69, 9.17) is 9.47 Å². The number of carbonyl (C=O) groups excluding carboxylic acids is 2. The molecular formula is C28H19BrFN3O5S2. The predicted octanol–water partition coefficient (Wildman–Crippen LogP) is 6.13. The summed E-state index contributed by atoms with van der Waals surface area (Å²) in [6, 6.07) is 17.4. The Morgan fingerprint density at radius 2 is 1.80 bits per heavy atom. The maximum Gasteiger partial charge on any atom is 0.301 e. The van der Waals surface area contributed by atoms with E-state index in [0.29, 0.717) is 51.5 Å². The minimum absolute atomic E-state index is 0.0836. The van der Waals surface area contributed by atoms with Crippen LogP contribution in [0.5, 0.6) is 11.5 Å². The lowest BCUT2D eigenvalue weighted by Gasteiger charge is -2.23. The van der Waals surface area contributed by atoms with Crippen molar-refractivity contribution in [3.05, 3.63) is 99.3 Å². The number of ether oxygens (including phenoxy) is 2. The van der Waals surface area contributed by atoms with Crippen molar-refractivity contribution in [2.24, 2.45) is 0 Å². The van der Waals surface area contributed by atoms with Crippen LogP contribution in [-0.2, 0) is 15.3 Å². The number of fused-ring (bicyclic) bond motifs is 1. The normalized spacial score (nSPS) is 17.9. The average molecular weight is 641 g/mol. The molecule has 1 aromatic heterocycles. The summed E-state index contributed by atoms with van der Waals surface area (Å²) in [6.45, 7) is 0.768. The van der Waals surface area contributed by atoms with Crippen molar-refractivity contribution in [1.82, 2.24) is 10.2 Å². The maximum atomic E-state index is 14.1. The fourth-order valence-electron chi connectivity index (χ4n) is 4.45. The number of amides is 1. The van der Waals surface area contributed by atoms with Gasteiger partial charge in [-0.2, -0.15) is 0 Å². The number of aromatic nitrogens is 2. The van der Waals surface area contributed by atoms with E-state index in [1.807, 2.05) is 0 Å². The minimum atomic E-state index is -0.960. The third kappa shape index (κ3) is 4.98. The van der Waals surface area contributed by atoms with Gasteiger partial charge in [-0.05, 0) is 47.5 Å². The van der Waals surface area contributed by atoms with Crippen LogP contribution < -0.4 is 14.4 Å². The van der Waals surface area contributed by atoms with Gasteiger partial charge in [0.05, 0.1) is 11.6 Å². The zero-order chi connectivity index (χ0) is 27.8. The van der Waals surface area contributed by atoms with E-state index in [2.05, 4.69) is 26.1 Å². The number of hydrogen-bond acceptors (Lipinski definition) is 9. The quantitative estimate of drug-likeness (QED) is 0.0884. The highest BCUT2D eigenvalue weighted by Crippen LogP contribution is 2.45. The first-order chi connectivity index (χ1) is 19.4. The number of rotatable bonds is 6. The first kappa shape index (κ1) is 26.5. The van der Waals surface area contributed by atoms with Gasteiger partial charge in [-0.1, -0.05) is 69.4 Å². The first-order valence-corrected chi connectivity index (χ1v) is 14.7. The van der Waals surface area contributed by atoms with E-state index >= 15 is 0 Å². The van der Waals surface area contributed by atoms with E-state index in [-0.39, 0.29) is 22.3 Å². The van der Waals surface area contributed by atoms with E-state index in [1.54, 1.807) is 60.7 Å². The Kier molecular flexibility index (Phi) is 7.30. The molecular weight excluding hydrogens is 621 g/mol. The standard InChI is InChI=1S/C28H19BrFN3O5S2/c29-18-8-5-15(6-9-18)23-22(24(34)16-7-10-20-21(13-16)38-12-11-37-20)25(35)26(36)33(23)27-31-32-28(40-27)39-14-17-3-1-2-4-19(17)30/h1-10,13,23,34H,11-12,14H2/b24-22+. The largest absolute Gasteiger partial charge is 0.507 e. The van der Waals surface area contributed by atoms with E-state index in [0.717, 1.165) is 15.8 Å². The third-order valence-corrected chi connectivity index (χ3v) is 8.99. The van der Waals surface area contributed by atoms with E-state index in [1.165, 1.54) is 22.7 Å². The molecule has 2 aliphatic heterocycles. The molecule has 4 aromatic rings. The zero-order valence-corrected chi connectivity index (χ0v) is 23.8. The SMILES string of the molecule is O=C1C(=O)N(c2nnc(SCc3ccccc3F)s2)C(c2ccc(Br)cc2)/C1=C(\O)c1ccc2c(c1)OCCO2. The van der Waals surface area contributed by atoms with Crippen molar-refractivity contribution in [3.63, 3.8) is 0 Å². The summed E-state index contributed by atoms with van der Waals surface area (Å²) < 4.78 is 26.6. The Hall–Kier alpha value is -3.74. The summed E-state index contributed by atoms with van der Waals surface area (Å²) >= 11 is 5.80. The van der Waals surface area contributed by atoms with E-state index in [9.17, 15) is 19.1 Å². The van der Waals surface area contributed by atoms with Gasteiger partial charge in [0.15, 0.2) is 15.8 Å². The smallest absolute Gasteiger partial charge is 0.301 e. The molecule has 1 unspecified atom stereocenters. The lowest BCUT2D eigenvalue weighted by Crippen LogP contribution is -2.29. The Morgan fingerprint density at radius 1 is 1.05 bits per heavy atom.